The molecule has 136 valence electrons. The van der Waals surface area contributed by atoms with Gasteiger partial charge < -0.3 is 14.8 Å². The van der Waals surface area contributed by atoms with Crippen molar-refractivity contribution >= 4 is 33.1 Å². The van der Waals surface area contributed by atoms with E-state index in [2.05, 4.69) is 15.3 Å². The van der Waals surface area contributed by atoms with Crippen molar-refractivity contribution < 1.29 is 14.3 Å². The van der Waals surface area contributed by atoms with Gasteiger partial charge in [0.15, 0.2) is 11.5 Å². The van der Waals surface area contributed by atoms with E-state index in [4.69, 9.17) is 9.47 Å². The predicted octanol–water partition coefficient (Wildman–Crippen LogP) is 4.28. The molecule has 1 N–H and O–H groups in total. The van der Waals surface area contributed by atoms with E-state index < -0.39 is 0 Å². The number of hydrogen-bond donors (Lipinski definition) is 1. The molecule has 1 amide bonds. The van der Waals surface area contributed by atoms with Crippen molar-refractivity contribution in [2.75, 3.05) is 19.0 Å². The maximum atomic E-state index is 12.8. The highest BCUT2D eigenvalue weighted by atomic mass is 32.1. The Hall–Kier alpha value is -2.67. The van der Waals surface area contributed by atoms with Crippen molar-refractivity contribution in [3.8, 4) is 11.5 Å². The Morgan fingerprint density at radius 3 is 2.65 bits per heavy atom. The highest BCUT2D eigenvalue weighted by Gasteiger charge is 2.19. The number of carbonyl (C=O) groups is 1. The van der Waals surface area contributed by atoms with Crippen LogP contribution in [0, 0.1) is 20.8 Å². The Kier molecular flexibility index (Phi) is 5.08. The number of benzene rings is 1. The third-order valence-corrected chi connectivity index (χ3v) is 5.19. The maximum absolute atomic E-state index is 12.8. The first kappa shape index (κ1) is 18.1. The van der Waals surface area contributed by atoms with Gasteiger partial charge in [-0.25, -0.2) is 9.97 Å². The minimum atomic E-state index is -0.172. The van der Waals surface area contributed by atoms with Gasteiger partial charge in [0.2, 0.25) is 0 Å². The lowest BCUT2D eigenvalue weighted by atomic mass is 10.1. The fourth-order valence-corrected chi connectivity index (χ4v) is 4.07. The van der Waals surface area contributed by atoms with Gasteiger partial charge in [-0.2, -0.15) is 0 Å². The van der Waals surface area contributed by atoms with Gasteiger partial charge in [-0.15, -0.1) is 11.3 Å². The second-order valence-electron chi connectivity index (χ2n) is 5.85. The Bertz CT molecular complexity index is 982. The molecule has 3 rings (SSSR count). The molecule has 2 aromatic heterocycles. The monoisotopic (exact) mass is 371 g/mol. The number of aromatic nitrogens is 2. The van der Waals surface area contributed by atoms with E-state index in [1.807, 2.05) is 27.7 Å². The van der Waals surface area contributed by atoms with E-state index in [9.17, 15) is 4.79 Å². The molecule has 0 aliphatic heterocycles. The van der Waals surface area contributed by atoms with E-state index in [0.29, 0.717) is 34.5 Å². The summed E-state index contributed by atoms with van der Waals surface area (Å²) in [5, 5.41) is 3.88. The number of nitrogens with one attached hydrogen (secondary N) is 1. The topological polar surface area (TPSA) is 73.3 Å². The summed E-state index contributed by atoms with van der Waals surface area (Å²) < 4.78 is 10.8. The fourth-order valence-electron chi connectivity index (χ4n) is 2.90. The SMILES string of the molecule is CCOc1ccc(NC(=O)c2sc3nc(C)nc(C)c3c2C)cc1OC. The predicted molar refractivity (Wildman–Crippen MR) is 104 cm³/mol. The molecule has 7 heteroatoms. The normalized spacial score (nSPS) is 10.8. The molecule has 0 atom stereocenters. The van der Waals surface area contributed by atoms with Gasteiger partial charge in [-0.3, -0.25) is 4.79 Å². The Morgan fingerprint density at radius 1 is 1.19 bits per heavy atom. The summed E-state index contributed by atoms with van der Waals surface area (Å²) in [7, 11) is 1.57. The number of thiophene rings is 1. The zero-order valence-electron chi connectivity index (χ0n) is 15.5. The van der Waals surface area contributed by atoms with Gasteiger partial charge in [-0.05, 0) is 45.4 Å². The molecular formula is C19H21N3O3S. The first-order chi connectivity index (χ1) is 12.4. The van der Waals surface area contributed by atoms with Gasteiger partial charge in [0.05, 0.1) is 18.6 Å². The van der Waals surface area contributed by atoms with E-state index in [1.165, 1.54) is 11.3 Å². The molecule has 0 saturated heterocycles. The summed E-state index contributed by atoms with van der Waals surface area (Å²) in [6, 6.07) is 5.33. The Balaban J connectivity index is 1.92. The van der Waals surface area contributed by atoms with Crippen LogP contribution in [0.25, 0.3) is 10.2 Å². The molecule has 0 aliphatic carbocycles. The molecule has 0 aliphatic rings. The van der Waals surface area contributed by atoms with E-state index in [-0.39, 0.29) is 5.91 Å². The largest absolute Gasteiger partial charge is 0.493 e. The molecule has 0 fully saturated rings. The van der Waals surface area contributed by atoms with Crippen LogP contribution in [0.15, 0.2) is 18.2 Å². The third-order valence-electron chi connectivity index (χ3n) is 4.01. The number of fused-ring (bicyclic) bond motifs is 1. The number of hydrogen-bond acceptors (Lipinski definition) is 6. The van der Waals surface area contributed by atoms with Gasteiger partial charge >= 0.3 is 0 Å². The van der Waals surface area contributed by atoms with Crippen LogP contribution < -0.4 is 14.8 Å². The second kappa shape index (κ2) is 7.29. The van der Waals surface area contributed by atoms with Crippen molar-refractivity contribution in [2.24, 2.45) is 0 Å². The minimum absolute atomic E-state index is 0.172. The molecule has 0 unspecified atom stereocenters. The molecule has 6 nitrogen and oxygen atoms in total. The first-order valence-corrected chi connectivity index (χ1v) is 9.12. The number of aryl methyl sites for hydroxylation is 3. The van der Waals surface area contributed by atoms with Gasteiger partial charge in [-0.1, -0.05) is 0 Å². The highest BCUT2D eigenvalue weighted by Crippen LogP contribution is 2.33. The van der Waals surface area contributed by atoms with Crippen molar-refractivity contribution in [2.45, 2.75) is 27.7 Å². The number of amides is 1. The standard InChI is InChI=1S/C19H21N3O3S/c1-6-25-14-8-7-13(9-15(14)24-5)22-18(23)17-10(2)16-11(3)20-12(4)21-19(16)26-17/h7-9H,6H2,1-5H3,(H,22,23). The number of rotatable bonds is 5. The van der Waals surface area contributed by atoms with Gasteiger partial charge in [0, 0.05) is 22.8 Å². The van der Waals surface area contributed by atoms with Crippen LogP contribution in [0.4, 0.5) is 5.69 Å². The van der Waals surface area contributed by atoms with Crippen molar-refractivity contribution in [1.29, 1.82) is 0 Å². The molecule has 0 spiro atoms. The van der Waals surface area contributed by atoms with Gasteiger partial charge in [0.25, 0.3) is 5.91 Å². The summed E-state index contributed by atoms with van der Waals surface area (Å²) in [6.07, 6.45) is 0. The smallest absolute Gasteiger partial charge is 0.266 e. The van der Waals surface area contributed by atoms with E-state index in [0.717, 1.165) is 21.5 Å². The molecular weight excluding hydrogens is 350 g/mol. The molecule has 3 aromatic rings. The average Bonchev–Trinajstić information content (AvgIpc) is 2.93. The van der Waals surface area contributed by atoms with Crippen LogP contribution in [0.2, 0.25) is 0 Å². The van der Waals surface area contributed by atoms with E-state index >= 15 is 0 Å². The zero-order chi connectivity index (χ0) is 18.8. The molecule has 0 radical (unpaired) electrons. The lowest BCUT2D eigenvalue weighted by Gasteiger charge is -2.11. The first-order valence-electron chi connectivity index (χ1n) is 8.31. The summed E-state index contributed by atoms with van der Waals surface area (Å²) >= 11 is 1.38. The summed E-state index contributed by atoms with van der Waals surface area (Å²) in [4.78, 5) is 23.1. The van der Waals surface area contributed by atoms with Crippen LogP contribution in [0.5, 0.6) is 11.5 Å². The lowest BCUT2D eigenvalue weighted by molar-refractivity contribution is 0.103. The average molecular weight is 371 g/mol. The van der Waals surface area contributed by atoms with E-state index in [1.54, 1.807) is 25.3 Å². The zero-order valence-corrected chi connectivity index (χ0v) is 16.3. The van der Waals surface area contributed by atoms with Crippen molar-refractivity contribution in [1.82, 2.24) is 9.97 Å². The van der Waals surface area contributed by atoms with Gasteiger partial charge in [0.1, 0.15) is 10.7 Å². The maximum Gasteiger partial charge on any atom is 0.266 e. The number of nitrogens with zero attached hydrogens (tertiary/aromatic N) is 2. The fraction of sp³-hybridized carbons (Fsp3) is 0.316. The van der Waals surface area contributed by atoms with Crippen LogP contribution >= 0.6 is 11.3 Å². The Morgan fingerprint density at radius 2 is 1.96 bits per heavy atom. The summed E-state index contributed by atoms with van der Waals surface area (Å²) in [6.45, 7) is 8.18. The van der Waals surface area contributed by atoms with Crippen LogP contribution in [0.3, 0.4) is 0 Å². The Labute approximate surface area is 156 Å². The minimum Gasteiger partial charge on any atom is -0.493 e. The number of anilines is 1. The molecule has 26 heavy (non-hydrogen) atoms. The van der Waals surface area contributed by atoms with Crippen molar-refractivity contribution in [3.05, 3.63) is 40.2 Å². The number of carbonyl (C=O) groups excluding carboxylic acids is 1. The second-order valence-corrected chi connectivity index (χ2v) is 6.84. The molecule has 1 aromatic carbocycles. The quantitative estimate of drug-likeness (QED) is 0.725. The summed E-state index contributed by atoms with van der Waals surface area (Å²) in [5.74, 6) is 1.76. The number of methoxy groups -OCH3 is 1. The van der Waals surface area contributed by atoms with Crippen LogP contribution in [0.1, 0.15) is 33.7 Å². The summed E-state index contributed by atoms with van der Waals surface area (Å²) in [5.41, 5.74) is 2.44. The van der Waals surface area contributed by atoms with Crippen LogP contribution in [-0.2, 0) is 0 Å². The third kappa shape index (κ3) is 3.35. The van der Waals surface area contributed by atoms with Crippen molar-refractivity contribution in [3.63, 3.8) is 0 Å². The molecule has 2 heterocycles. The lowest BCUT2D eigenvalue weighted by Crippen LogP contribution is -2.11. The molecule has 0 bridgehead atoms. The molecule has 0 saturated carbocycles. The van der Waals surface area contributed by atoms with Crippen LogP contribution in [-0.4, -0.2) is 29.6 Å². The highest BCUT2D eigenvalue weighted by molar-refractivity contribution is 7.20. The number of ether oxygens (including phenoxy) is 2.